The summed E-state index contributed by atoms with van der Waals surface area (Å²) in [4.78, 5) is 28.9. The van der Waals surface area contributed by atoms with Gasteiger partial charge in [-0.1, -0.05) is 36.4 Å². The Labute approximate surface area is 189 Å². The molecule has 8 nitrogen and oxygen atoms in total. The molecule has 3 N–H and O–H groups in total. The summed E-state index contributed by atoms with van der Waals surface area (Å²) in [5.41, 5.74) is 1.87. The first-order valence-electron chi connectivity index (χ1n) is 10.8. The normalized spacial score (nSPS) is 15.8. The summed E-state index contributed by atoms with van der Waals surface area (Å²) in [6.45, 7) is 3.11. The number of hydrogen-bond acceptors (Lipinski definition) is 5. The number of hydrogen-bond donors (Lipinski definition) is 3. The molecule has 0 aliphatic carbocycles. The van der Waals surface area contributed by atoms with Gasteiger partial charge in [-0.2, -0.15) is 0 Å². The third kappa shape index (κ3) is 6.78. The Morgan fingerprint density at radius 1 is 1.09 bits per heavy atom. The minimum Gasteiger partial charge on any atom is -0.388 e. The molecule has 1 heterocycles. The highest BCUT2D eigenvalue weighted by Gasteiger charge is 2.23. The zero-order chi connectivity index (χ0) is 22.9. The van der Waals surface area contributed by atoms with E-state index in [0.717, 1.165) is 5.56 Å². The van der Waals surface area contributed by atoms with Gasteiger partial charge in [0.25, 0.3) is 5.91 Å². The number of nitrogens with one attached hydrogen (secondary N) is 2. The number of aliphatic hydroxyl groups excluding tert-OH is 1. The topological polar surface area (TPSA) is 94.1 Å². The van der Waals surface area contributed by atoms with Crippen LogP contribution in [0.4, 0.5) is 10.5 Å². The Hall–Kier alpha value is -2.94. The second kappa shape index (κ2) is 11.6. The predicted octanol–water partition coefficient (Wildman–Crippen LogP) is 2.19. The monoisotopic (exact) mass is 440 g/mol. The van der Waals surface area contributed by atoms with E-state index in [2.05, 4.69) is 10.6 Å². The average Bonchev–Trinajstić information content (AvgIpc) is 2.82. The van der Waals surface area contributed by atoms with Crippen LogP contribution in [0.5, 0.6) is 0 Å². The number of nitrogens with zero attached hydrogens (tertiary/aromatic N) is 2. The van der Waals surface area contributed by atoms with Crippen molar-refractivity contribution in [3.63, 3.8) is 0 Å². The van der Waals surface area contributed by atoms with E-state index in [4.69, 9.17) is 4.74 Å². The molecule has 3 rings (SSSR count). The summed E-state index contributed by atoms with van der Waals surface area (Å²) in [5, 5.41) is 16.4. The molecule has 1 saturated heterocycles. The predicted molar refractivity (Wildman–Crippen MR) is 124 cm³/mol. The van der Waals surface area contributed by atoms with Gasteiger partial charge in [-0.05, 0) is 37.9 Å². The highest BCUT2D eigenvalue weighted by Crippen LogP contribution is 2.22. The highest BCUT2D eigenvalue weighted by atomic mass is 16.5. The van der Waals surface area contributed by atoms with E-state index in [0.29, 0.717) is 50.6 Å². The van der Waals surface area contributed by atoms with Crippen LogP contribution in [0.25, 0.3) is 0 Å². The largest absolute Gasteiger partial charge is 0.388 e. The smallest absolute Gasteiger partial charge is 0.319 e. The Balaban J connectivity index is 1.58. The lowest BCUT2D eigenvalue weighted by Crippen LogP contribution is -2.40. The summed E-state index contributed by atoms with van der Waals surface area (Å²) < 4.78 is 5.30. The molecule has 8 heteroatoms. The van der Waals surface area contributed by atoms with Crippen molar-refractivity contribution in [2.45, 2.75) is 6.10 Å². The quantitative estimate of drug-likeness (QED) is 0.585. The van der Waals surface area contributed by atoms with Crippen molar-refractivity contribution in [2.24, 2.45) is 5.92 Å². The molecule has 0 aromatic heterocycles. The van der Waals surface area contributed by atoms with Gasteiger partial charge >= 0.3 is 6.03 Å². The number of amides is 3. The molecular weight excluding hydrogens is 408 g/mol. The first kappa shape index (κ1) is 23.7. The minimum atomic E-state index is -0.701. The highest BCUT2D eigenvalue weighted by molar-refractivity contribution is 5.97. The van der Waals surface area contributed by atoms with Crippen LogP contribution in [-0.2, 0) is 4.74 Å². The Morgan fingerprint density at radius 2 is 1.81 bits per heavy atom. The van der Waals surface area contributed by atoms with Crippen LogP contribution in [0.3, 0.4) is 0 Å². The lowest BCUT2D eigenvalue weighted by Gasteiger charge is -2.27. The van der Waals surface area contributed by atoms with Crippen molar-refractivity contribution < 1.29 is 19.4 Å². The molecule has 1 fully saturated rings. The van der Waals surface area contributed by atoms with Crippen LogP contribution in [0, 0.1) is 5.92 Å². The first-order valence-corrected chi connectivity index (χ1v) is 10.8. The van der Waals surface area contributed by atoms with E-state index in [9.17, 15) is 14.7 Å². The van der Waals surface area contributed by atoms with Crippen LogP contribution < -0.4 is 10.6 Å². The molecule has 0 bridgehead atoms. The standard InChI is InChI=1S/C24H32N4O4/c1-27(2)17-20(22(29)18-7-4-3-5-8-18)16-25-24(31)26-21-10-6-9-19(15-21)23(30)28-11-13-32-14-12-28/h3-10,15,20,22,29H,11-14,16-17H2,1-2H3,(H2,25,26,31)/t20-,22-/m0/s1. The number of anilines is 1. The fourth-order valence-corrected chi connectivity index (χ4v) is 3.75. The van der Waals surface area contributed by atoms with Crippen molar-refractivity contribution in [2.75, 3.05) is 58.8 Å². The van der Waals surface area contributed by atoms with Crippen LogP contribution in [0.2, 0.25) is 0 Å². The van der Waals surface area contributed by atoms with E-state index in [-0.39, 0.29) is 17.9 Å². The molecule has 0 unspecified atom stereocenters. The van der Waals surface area contributed by atoms with E-state index < -0.39 is 6.10 Å². The van der Waals surface area contributed by atoms with Crippen molar-refractivity contribution in [3.05, 3.63) is 65.7 Å². The van der Waals surface area contributed by atoms with E-state index in [1.807, 2.05) is 49.3 Å². The molecule has 0 spiro atoms. The van der Waals surface area contributed by atoms with Gasteiger partial charge in [-0.15, -0.1) is 0 Å². The summed E-state index contributed by atoms with van der Waals surface area (Å²) in [6.07, 6.45) is -0.701. The molecule has 0 saturated carbocycles. The molecule has 172 valence electrons. The first-order chi connectivity index (χ1) is 15.4. The lowest BCUT2D eigenvalue weighted by atomic mass is 9.95. The second-order valence-corrected chi connectivity index (χ2v) is 8.20. The van der Waals surface area contributed by atoms with Gasteiger partial charge in [-0.3, -0.25) is 4.79 Å². The average molecular weight is 441 g/mol. The van der Waals surface area contributed by atoms with Gasteiger partial charge in [0.05, 0.1) is 19.3 Å². The number of carbonyl (C=O) groups is 2. The molecule has 1 aliphatic heterocycles. The molecule has 2 aromatic rings. The van der Waals surface area contributed by atoms with Gasteiger partial charge in [0, 0.05) is 43.3 Å². The van der Waals surface area contributed by atoms with Crippen molar-refractivity contribution in [1.82, 2.24) is 15.1 Å². The summed E-state index contributed by atoms with van der Waals surface area (Å²) in [6, 6.07) is 16.0. The van der Waals surface area contributed by atoms with E-state index >= 15 is 0 Å². The number of ether oxygens (including phenoxy) is 1. The fourth-order valence-electron chi connectivity index (χ4n) is 3.75. The molecule has 2 aromatic carbocycles. The summed E-state index contributed by atoms with van der Waals surface area (Å²) >= 11 is 0. The number of benzene rings is 2. The molecule has 0 radical (unpaired) electrons. The summed E-state index contributed by atoms with van der Waals surface area (Å²) in [5.74, 6) is -0.262. The maximum absolute atomic E-state index is 12.7. The van der Waals surface area contributed by atoms with Crippen molar-refractivity contribution in [3.8, 4) is 0 Å². The van der Waals surface area contributed by atoms with Gasteiger partial charge in [0.15, 0.2) is 0 Å². The van der Waals surface area contributed by atoms with Crippen molar-refractivity contribution in [1.29, 1.82) is 0 Å². The number of morpholine rings is 1. The number of aliphatic hydroxyl groups is 1. The molecule has 1 aliphatic rings. The van der Waals surface area contributed by atoms with Gasteiger partial charge in [0.2, 0.25) is 0 Å². The summed E-state index contributed by atoms with van der Waals surface area (Å²) in [7, 11) is 3.86. The third-order valence-electron chi connectivity index (χ3n) is 5.38. The number of urea groups is 1. The van der Waals surface area contributed by atoms with E-state index in [1.54, 1.807) is 29.2 Å². The lowest BCUT2D eigenvalue weighted by molar-refractivity contribution is 0.0303. The van der Waals surface area contributed by atoms with Crippen LogP contribution in [-0.4, -0.2) is 80.3 Å². The number of rotatable bonds is 8. The van der Waals surface area contributed by atoms with Crippen molar-refractivity contribution >= 4 is 17.6 Å². The van der Waals surface area contributed by atoms with Gasteiger partial charge in [0.1, 0.15) is 0 Å². The third-order valence-corrected chi connectivity index (χ3v) is 5.38. The van der Waals surface area contributed by atoms with E-state index in [1.165, 1.54) is 0 Å². The maximum Gasteiger partial charge on any atom is 0.319 e. The fraction of sp³-hybridized carbons (Fsp3) is 0.417. The number of carbonyl (C=O) groups excluding carboxylic acids is 2. The van der Waals surface area contributed by atoms with Crippen LogP contribution >= 0.6 is 0 Å². The molecular formula is C24H32N4O4. The Morgan fingerprint density at radius 3 is 2.50 bits per heavy atom. The maximum atomic E-state index is 12.7. The molecule has 2 atom stereocenters. The zero-order valence-electron chi connectivity index (χ0n) is 18.7. The molecule has 3 amide bonds. The SMILES string of the molecule is CN(C)C[C@H](CNC(=O)Nc1cccc(C(=O)N2CCOCC2)c1)[C@@H](O)c1ccccc1. The van der Waals surface area contributed by atoms with Gasteiger partial charge in [-0.25, -0.2) is 4.79 Å². The van der Waals surface area contributed by atoms with Crippen LogP contribution in [0.1, 0.15) is 22.0 Å². The Bertz CT molecular complexity index is 885. The Kier molecular flexibility index (Phi) is 8.61. The van der Waals surface area contributed by atoms with Gasteiger partial charge < -0.3 is 30.3 Å². The molecule has 32 heavy (non-hydrogen) atoms. The second-order valence-electron chi connectivity index (χ2n) is 8.20. The zero-order valence-corrected chi connectivity index (χ0v) is 18.7. The van der Waals surface area contributed by atoms with Crippen LogP contribution in [0.15, 0.2) is 54.6 Å². The minimum absolute atomic E-state index is 0.0746.